The van der Waals surface area contributed by atoms with Crippen molar-refractivity contribution in [2.24, 2.45) is 0 Å². The minimum Gasteiger partial charge on any atom is -0.506 e. The second-order valence-corrected chi connectivity index (χ2v) is 8.71. The van der Waals surface area contributed by atoms with Crippen LogP contribution in [0.15, 0.2) is 34.7 Å². The van der Waals surface area contributed by atoms with Crippen molar-refractivity contribution in [2.75, 3.05) is 6.61 Å². The molecule has 0 atom stereocenters. The monoisotopic (exact) mass is 590 g/mol. The van der Waals surface area contributed by atoms with Crippen molar-refractivity contribution >= 4 is 61.9 Å². The number of phenolic OH excluding ortho intramolecular Hbond substituents is 1. The lowest BCUT2D eigenvalue weighted by Crippen LogP contribution is -2.04. The molecular weight excluding hydrogens is 570 g/mol. The molecule has 2 N–H and O–H groups in total. The first-order valence-electron chi connectivity index (χ1n) is 8.84. The number of aryl methyl sites for hydroxylation is 2. The summed E-state index contributed by atoms with van der Waals surface area (Å²) >= 11 is 4.07. The van der Waals surface area contributed by atoms with E-state index in [9.17, 15) is 9.90 Å². The van der Waals surface area contributed by atoms with Crippen LogP contribution in [0.2, 0.25) is 0 Å². The van der Waals surface area contributed by atoms with E-state index in [1.807, 2.05) is 70.3 Å². The van der Waals surface area contributed by atoms with Gasteiger partial charge in [-0.1, -0.05) is 19.1 Å². The van der Waals surface area contributed by atoms with Gasteiger partial charge < -0.3 is 14.6 Å². The van der Waals surface area contributed by atoms with Gasteiger partial charge in [-0.15, -0.1) is 0 Å². The number of phenols is 1. The van der Waals surface area contributed by atoms with Gasteiger partial charge in [-0.05, 0) is 88.2 Å². The Morgan fingerprint density at radius 1 is 1.11 bits per heavy atom. The first-order chi connectivity index (χ1) is 13.0. The van der Waals surface area contributed by atoms with Crippen molar-refractivity contribution in [1.29, 1.82) is 0 Å². The number of fused-ring (bicyclic) bond motifs is 1. The quantitative estimate of drug-likeness (QED) is 0.218. The van der Waals surface area contributed by atoms with E-state index in [1.165, 1.54) is 0 Å². The number of halogens is 2. The van der Waals surface area contributed by atoms with Crippen LogP contribution in [0.4, 0.5) is 0 Å². The molecule has 2 aromatic carbocycles. The van der Waals surface area contributed by atoms with E-state index in [1.54, 1.807) is 12.1 Å². The van der Waals surface area contributed by atoms with Gasteiger partial charge in [0.05, 0.1) is 12.7 Å². The molecule has 3 rings (SSSR count). The normalized spacial score (nSPS) is 11.3. The molecule has 0 aliphatic carbocycles. The number of aliphatic hydroxyl groups excluding tert-OH is 1. The highest BCUT2D eigenvalue weighted by molar-refractivity contribution is 14.1. The summed E-state index contributed by atoms with van der Waals surface area (Å²) in [7, 11) is 0. The zero-order chi connectivity index (χ0) is 19.6. The summed E-state index contributed by atoms with van der Waals surface area (Å²) in [5.74, 6) is 0.795. The van der Waals surface area contributed by atoms with Gasteiger partial charge in [-0.2, -0.15) is 0 Å². The molecule has 4 nitrogen and oxygen atoms in total. The fraction of sp³-hybridized carbons (Fsp3) is 0.286. The van der Waals surface area contributed by atoms with E-state index >= 15 is 0 Å². The molecule has 0 radical (unpaired) electrons. The Hall–Kier alpha value is -1.13. The van der Waals surface area contributed by atoms with E-state index in [-0.39, 0.29) is 18.1 Å². The summed E-state index contributed by atoms with van der Waals surface area (Å²) in [6.07, 6.45) is 3.19. The first-order valence-corrected chi connectivity index (χ1v) is 11.0. The number of unbranched alkanes of at least 4 members (excludes halogenated alkanes) is 1. The number of aromatic hydroxyl groups is 1. The van der Waals surface area contributed by atoms with Gasteiger partial charge in [-0.3, -0.25) is 4.79 Å². The Morgan fingerprint density at radius 2 is 1.81 bits per heavy atom. The smallest absolute Gasteiger partial charge is 0.197 e. The lowest BCUT2D eigenvalue weighted by Gasteiger charge is -2.06. The highest BCUT2D eigenvalue weighted by Gasteiger charge is 2.22. The SMILES string of the molecule is CCc1oc2cc(CCCCO)ccc2c1C(=O)c1cc(I)c(O)c(I)c1. The standard InChI is InChI=1S/C21H20I2O4/c1-2-17-19(20(25)13-10-15(22)21(26)16(23)11-13)14-7-6-12(5-3-4-8-24)9-18(14)27-17/h6-7,9-11,24,26H,2-5,8H2,1H3. The lowest BCUT2D eigenvalue weighted by molar-refractivity contribution is 0.103. The van der Waals surface area contributed by atoms with Gasteiger partial charge in [0.15, 0.2) is 5.78 Å². The second kappa shape index (κ2) is 8.91. The minimum atomic E-state index is -0.0885. The molecule has 0 saturated heterocycles. The first kappa shape index (κ1) is 20.6. The van der Waals surface area contributed by atoms with Gasteiger partial charge in [0, 0.05) is 24.0 Å². The molecule has 1 heterocycles. The number of carbonyl (C=O) groups is 1. The van der Waals surface area contributed by atoms with Crippen LogP contribution >= 0.6 is 45.2 Å². The van der Waals surface area contributed by atoms with Crippen LogP contribution in [-0.4, -0.2) is 22.6 Å². The predicted octanol–water partition coefficient (Wildman–Crippen LogP) is 5.46. The van der Waals surface area contributed by atoms with E-state index in [2.05, 4.69) is 0 Å². The van der Waals surface area contributed by atoms with Crippen LogP contribution in [0.25, 0.3) is 11.0 Å². The van der Waals surface area contributed by atoms with Crippen LogP contribution in [0.5, 0.6) is 5.75 Å². The van der Waals surface area contributed by atoms with Crippen LogP contribution < -0.4 is 0 Å². The van der Waals surface area contributed by atoms with Crippen molar-refractivity contribution in [3.63, 3.8) is 0 Å². The molecule has 142 valence electrons. The number of ketones is 1. The summed E-state index contributed by atoms with van der Waals surface area (Å²) < 4.78 is 7.30. The topological polar surface area (TPSA) is 70.7 Å². The maximum Gasteiger partial charge on any atom is 0.197 e. The largest absolute Gasteiger partial charge is 0.506 e. The maximum absolute atomic E-state index is 13.2. The average Bonchev–Trinajstić information content (AvgIpc) is 3.03. The van der Waals surface area contributed by atoms with E-state index in [4.69, 9.17) is 9.52 Å². The molecule has 0 unspecified atom stereocenters. The van der Waals surface area contributed by atoms with Crippen molar-refractivity contribution in [1.82, 2.24) is 0 Å². The van der Waals surface area contributed by atoms with Crippen LogP contribution in [0.3, 0.4) is 0 Å². The maximum atomic E-state index is 13.2. The summed E-state index contributed by atoms with van der Waals surface area (Å²) in [4.78, 5) is 13.2. The molecule has 0 saturated carbocycles. The molecule has 27 heavy (non-hydrogen) atoms. The Bertz CT molecular complexity index is 968. The van der Waals surface area contributed by atoms with Crippen molar-refractivity contribution in [2.45, 2.75) is 32.6 Å². The number of furan rings is 1. The second-order valence-electron chi connectivity index (χ2n) is 6.38. The van der Waals surface area contributed by atoms with Gasteiger partial charge in [0.2, 0.25) is 0 Å². The molecular formula is C21H20I2O4. The van der Waals surface area contributed by atoms with Crippen molar-refractivity contribution in [3.05, 3.63) is 59.9 Å². The fourth-order valence-corrected chi connectivity index (χ4v) is 4.90. The molecule has 1 aromatic heterocycles. The van der Waals surface area contributed by atoms with E-state index in [0.717, 1.165) is 35.8 Å². The summed E-state index contributed by atoms with van der Waals surface area (Å²) in [6.45, 7) is 2.17. The molecule has 0 aliphatic heterocycles. The third-order valence-corrected chi connectivity index (χ3v) is 6.17. The highest BCUT2D eigenvalue weighted by atomic mass is 127. The third-order valence-electron chi connectivity index (χ3n) is 4.53. The van der Waals surface area contributed by atoms with Crippen LogP contribution in [0, 0.1) is 7.14 Å². The summed E-state index contributed by atoms with van der Waals surface area (Å²) in [6, 6.07) is 9.39. The zero-order valence-electron chi connectivity index (χ0n) is 14.9. The van der Waals surface area contributed by atoms with Crippen LogP contribution in [-0.2, 0) is 12.8 Å². The Morgan fingerprint density at radius 3 is 2.44 bits per heavy atom. The molecule has 0 amide bonds. The number of hydrogen-bond acceptors (Lipinski definition) is 4. The third kappa shape index (κ3) is 4.32. The van der Waals surface area contributed by atoms with E-state index in [0.29, 0.717) is 30.4 Å². The average molecular weight is 590 g/mol. The van der Waals surface area contributed by atoms with E-state index < -0.39 is 0 Å². The lowest BCUT2D eigenvalue weighted by atomic mass is 9.98. The number of rotatable bonds is 7. The fourth-order valence-electron chi connectivity index (χ4n) is 3.13. The van der Waals surface area contributed by atoms with Gasteiger partial charge >= 0.3 is 0 Å². The van der Waals surface area contributed by atoms with Gasteiger partial charge in [0.25, 0.3) is 0 Å². The summed E-state index contributed by atoms with van der Waals surface area (Å²) in [5.41, 5.74) is 3.01. The molecule has 3 aromatic rings. The van der Waals surface area contributed by atoms with Crippen molar-refractivity contribution < 1.29 is 19.4 Å². The molecule has 0 fully saturated rings. The highest BCUT2D eigenvalue weighted by Crippen LogP contribution is 2.33. The van der Waals surface area contributed by atoms with Crippen LogP contribution in [0.1, 0.15) is 47.0 Å². The van der Waals surface area contributed by atoms with Gasteiger partial charge in [0.1, 0.15) is 17.1 Å². The Kier molecular flexibility index (Phi) is 6.80. The number of aliphatic hydroxyl groups is 1. The molecule has 0 bridgehead atoms. The summed E-state index contributed by atoms with van der Waals surface area (Å²) in [5, 5.41) is 19.7. The Balaban J connectivity index is 2.03. The number of carbonyl (C=O) groups excluding carboxylic acids is 1. The van der Waals surface area contributed by atoms with Gasteiger partial charge in [-0.25, -0.2) is 0 Å². The molecule has 0 aliphatic rings. The molecule has 0 spiro atoms. The van der Waals surface area contributed by atoms with Crippen molar-refractivity contribution in [3.8, 4) is 5.75 Å². The minimum absolute atomic E-state index is 0.0885. The predicted molar refractivity (Wildman–Crippen MR) is 123 cm³/mol. The number of benzene rings is 2. The molecule has 6 heteroatoms. The zero-order valence-corrected chi connectivity index (χ0v) is 19.2. The Labute approximate surface area is 185 Å². The number of hydrogen-bond donors (Lipinski definition) is 2.